The largest absolute Gasteiger partial charge is 0.269 e. The zero-order valence-corrected chi connectivity index (χ0v) is 12.3. The van der Waals surface area contributed by atoms with Crippen molar-refractivity contribution in [2.45, 2.75) is 43.8 Å². The lowest BCUT2D eigenvalue weighted by Gasteiger charge is -2.30. The van der Waals surface area contributed by atoms with Gasteiger partial charge in [-0.15, -0.1) is 0 Å². The van der Waals surface area contributed by atoms with Crippen LogP contribution in [0.5, 0.6) is 0 Å². The van der Waals surface area contributed by atoms with Crippen LogP contribution in [0.1, 0.15) is 38.5 Å². The minimum atomic E-state index is -3.37. The van der Waals surface area contributed by atoms with Crippen molar-refractivity contribution in [1.82, 2.24) is 0 Å². The quantitative estimate of drug-likeness (QED) is 0.838. The maximum atomic E-state index is 12.8. The zero-order chi connectivity index (χ0) is 14.4. The van der Waals surface area contributed by atoms with Gasteiger partial charge in [-0.3, -0.25) is 4.31 Å². The second-order valence-electron chi connectivity index (χ2n) is 5.12. The molecule has 0 spiro atoms. The number of sulfonamides is 1. The van der Waals surface area contributed by atoms with E-state index in [4.69, 9.17) is 5.26 Å². The third kappa shape index (κ3) is 3.31. The predicted molar refractivity (Wildman–Crippen MR) is 79.8 cm³/mol. The monoisotopic (exact) mass is 292 g/mol. The molecule has 2 rings (SSSR count). The summed E-state index contributed by atoms with van der Waals surface area (Å²) in [7, 11) is -3.37. The summed E-state index contributed by atoms with van der Waals surface area (Å²) in [5.41, 5.74) is 0.660. The molecule has 0 heterocycles. The van der Waals surface area contributed by atoms with E-state index in [-0.39, 0.29) is 18.2 Å². The highest BCUT2D eigenvalue weighted by Gasteiger charge is 2.32. The van der Waals surface area contributed by atoms with Crippen molar-refractivity contribution in [3.63, 3.8) is 0 Å². The van der Waals surface area contributed by atoms with Gasteiger partial charge < -0.3 is 0 Å². The highest BCUT2D eigenvalue weighted by molar-refractivity contribution is 7.93. The molecule has 20 heavy (non-hydrogen) atoms. The second-order valence-corrected chi connectivity index (χ2v) is 7.26. The molecule has 0 unspecified atom stereocenters. The van der Waals surface area contributed by atoms with Gasteiger partial charge in [0.15, 0.2) is 0 Å². The molecular formula is C15H20N2O2S. The molecule has 0 radical (unpaired) electrons. The highest BCUT2D eigenvalue weighted by Crippen LogP contribution is 2.29. The van der Waals surface area contributed by atoms with Crippen LogP contribution in [0.3, 0.4) is 0 Å². The van der Waals surface area contributed by atoms with Crippen molar-refractivity contribution in [2.24, 2.45) is 0 Å². The van der Waals surface area contributed by atoms with E-state index >= 15 is 0 Å². The van der Waals surface area contributed by atoms with Gasteiger partial charge in [0.2, 0.25) is 10.0 Å². The first-order valence-electron chi connectivity index (χ1n) is 7.10. The Morgan fingerprint density at radius 1 is 1.15 bits per heavy atom. The number of para-hydroxylation sites is 1. The lowest BCUT2D eigenvalue weighted by Crippen LogP contribution is -2.40. The van der Waals surface area contributed by atoms with Crippen LogP contribution in [-0.4, -0.2) is 20.2 Å². The molecular weight excluding hydrogens is 272 g/mol. The van der Waals surface area contributed by atoms with E-state index in [9.17, 15) is 8.42 Å². The summed E-state index contributed by atoms with van der Waals surface area (Å²) in [4.78, 5) is 0. The molecule has 1 aliphatic carbocycles. The van der Waals surface area contributed by atoms with Gasteiger partial charge in [-0.25, -0.2) is 8.42 Å². The third-order valence-electron chi connectivity index (χ3n) is 3.75. The molecule has 1 aliphatic rings. The minimum absolute atomic E-state index is 0.209. The van der Waals surface area contributed by atoms with Gasteiger partial charge in [0.25, 0.3) is 0 Å². The summed E-state index contributed by atoms with van der Waals surface area (Å²) in [6, 6.07) is 11.1. The van der Waals surface area contributed by atoms with Crippen LogP contribution in [-0.2, 0) is 10.0 Å². The van der Waals surface area contributed by atoms with E-state index in [0.29, 0.717) is 5.69 Å². The Morgan fingerprint density at radius 3 is 2.40 bits per heavy atom. The first kappa shape index (κ1) is 14.9. The normalized spacial score (nSPS) is 16.6. The highest BCUT2D eigenvalue weighted by atomic mass is 32.2. The molecule has 0 aromatic heterocycles. The van der Waals surface area contributed by atoms with E-state index in [2.05, 4.69) is 0 Å². The van der Waals surface area contributed by atoms with Gasteiger partial charge in [-0.05, 0) is 25.0 Å². The minimum Gasteiger partial charge on any atom is -0.269 e. The molecule has 1 aromatic carbocycles. The Labute approximate surface area is 121 Å². The van der Waals surface area contributed by atoms with Crippen molar-refractivity contribution in [3.8, 4) is 6.07 Å². The Kier molecular flexibility index (Phi) is 5.02. The number of benzene rings is 1. The van der Waals surface area contributed by atoms with Crippen LogP contribution >= 0.6 is 0 Å². The Hall–Kier alpha value is -1.54. The van der Waals surface area contributed by atoms with Crippen LogP contribution in [0.15, 0.2) is 30.3 Å². The van der Waals surface area contributed by atoms with E-state index in [1.165, 1.54) is 4.31 Å². The predicted octanol–water partition coefficient (Wildman–Crippen LogP) is 3.07. The molecule has 0 bridgehead atoms. The fourth-order valence-electron chi connectivity index (χ4n) is 2.69. The topological polar surface area (TPSA) is 61.2 Å². The summed E-state index contributed by atoms with van der Waals surface area (Å²) in [6.45, 7) is 0.235. The Bertz CT molecular complexity index is 557. The smallest absolute Gasteiger partial charge is 0.238 e. The number of anilines is 1. The second kappa shape index (κ2) is 6.76. The molecule has 5 heteroatoms. The lowest BCUT2D eigenvalue weighted by atomic mass is 10.0. The molecule has 1 fully saturated rings. The molecule has 0 atom stereocenters. The summed E-state index contributed by atoms with van der Waals surface area (Å²) in [5, 5.41) is 8.47. The maximum Gasteiger partial charge on any atom is 0.238 e. The first-order valence-corrected chi connectivity index (χ1v) is 8.60. The molecule has 0 amide bonds. The Balaban J connectivity index is 2.28. The van der Waals surface area contributed by atoms with Crippen LogP contribution < -0.4 is 4.31 Å². The summed E-state index contributed by atoms with van der Waals surface area (Å²) >= 11 is 0. The lowest BCUT2D eigenvalue weighted by molar-refractivity contribution is 0.482. The average Bonchev–Trinajstić information content (AvgIpc) is 2.49. The van der Waals surface area contributed by atoms with Gasteiger partial charge in [-0.2, -0.15) is 5.26 Å². The van der Waals surface area contributed by atoms with Crippen molar-refractivity contribution in [1.29, 1.82) is 5.26 Å². The standard InChI is InChI=1S/C15H20N2O2S/c16-12-7-13-17(14-8-3-1-4-9-14)20(18,19)15-10-5-2-6-11-15/h1,3-4,8-9,15H,2,5-7,10-11,13H2. The van der Waals surface area contributed by atoms with Crippen LogP contribution in [0.4, 0.5) is 5.69 Å². The fourth-order valence-corrected chi connectivity index (χ4v) is 4.74. The number of hydrogen-bond acceptors (Lipinski definition) is 3. The zero-order valence-electron chi connectivity index (χ0n) is 11.5. The maximum absolute atomic E-state index is 12.8. The van der Waals surface area contributed by atoms with E-state index in [0.717, 1.165) is 32.1 Å². The van der Waals surface area contributed by atoms with Gasteiger partial charge in [0, 0.05) is 6.54 Å². The molecule has 0 N–H and O–H groups in total. The number of nitriles is 1. The summed E-state index contributed by atoms with van der Waals surface area (Å²) < 4.78 is 27.0. The number of nitrogens with zero attached hydrogens (tertiary/aromatic N) is 2. The molecule has 108 valence electrons. The van der Waals surface area contributed by atoms with Crippen molar-refractivity contribution < 1.29 is 8.42 Å². The van der Waals surface area contributed by atoms with Crippen molar-refractivity contribution in [3.05, 3.63) is 30.3 Å². The Morgan fingerprint density at radius 2 is 1.80 bits per heavy atom. The SMILES string of the molecule is N#CCCN(c1ccccc1)S(=O)(=O)C1CCCCC1. The van der Waals surface area contributed by atoms with Crippen molar-refractivity contribution >= 4 is 15.7 Å². The van der Waals surface area contributed by atoms with Gasteiger partial charge >= 0.3 is 0 Å². The van der Waals surface area contributed by atoms with Crippen LogP contribution in [0.25, 0.3) is 0 Å². The first-order chi connectivity index (χ1) is 9.66. The van der Waals surface area contributed by atoms with Gasteiger partial charge in [0.05, 0.1) is 23.4 Å². The molecule has 0 aliphatic heterocycles. The average molecular weight is 292 g/mol. The number of hydrogen-bond donors (Lipinski definition) is 0. The van der Waals surface area contributed by atoms with E-state index < -0.39 is 10.0 Å². The summed E-state index contributed by atoms with van der Waals surface area (Å²) in [6.07, 6.45) is 4.75. The molecule has 1 saturated carbocycles. The number of rotatable bonds is 5. The molecule has 4 nitrogen and oxygen atoms in total. The van der Waals surface area contributed by atoms with E-state index in [1.54, 1.807) is 12.1 Å². The van der Waals surface area contributed by atoms with Crippen LogP contribution in [0, 0.1) is 11.3 Å². The van der Waals surface area contributed by atoms with Crippen molar-refractivity contribution in [2.75, 3.05) is 10.8 Å². The van der Waals surface area contributed by atoms with Crippen LogP contribution in [0.2, 0.25) is 0 Å². The fraction of sp³-hybridized carbons (Fsp3) is 0.533. The van der Waals surface area contributed by atoms with Gasteiger partial charge in [0.1, 0.15) is 0 Å². The van der Waals surface area contributed by atoms with E-state index in [1.807, 2.05) is 24.3 Å². The third-order valence-corrected chi connectivity index (χ3v) is 6.07. The molecule has 1 aromatic rings. The van der Waals surface area contributed by atoms with Gasteiger partial charge in [-0.1, -0.05) is 37.5 Å². The summed E-state index contributed by atoms with van der Waals surface area (Å²) in [5.74, 6) is 0. The molecule has 0 saturated heterocycles.